The van der Waals surface area contributed by atoms with Gasteiger partial charge in [0.15, 0.2) is 0 Å². The van der Waals surface area contributed by atoms with E-state index in [1.807, 2.05) is 12.5 Å². The minimum Gasteiger partial charge on any atom is -0.334 e. The van der Waals surface area contributed by atoms with E-state index >= 15 is 0 Å². The van der Waals surface area contributed by atoms with Gasteiger partial charge in [-0.05, 0) is 33.5 Å². The van der Waals surface area contributed by atoms with Crippen LogP contribution in [0.1, 0.15) is 19.0 Å². The van der Waals surface area contributed by atoms with Crippen LogP contribution in [0.2, 0.25) is 0 Å². The lowest BCUT2D eigenvalue weighted by atomic mass is 10.3. The molecule has 1 N–H and O–H groups in total. The largest absolute Gasteiger partial charge is 0.334 e. The Hall–Kier alpha value is -0.910. The maximum atomic E-state index is 4.18. The van der Waals surface area contributed by atoms with Gasteiger partial charge in [0.2, 0.25) is 0 Å². The molecule has 0 atom stereocenters. The van der Waals surface area contributed by atoms with Gasteiger partial charge < -0.3 is 19.7 Å². The molecule has 0 radical (unpaired) electrons. The zero-order chi connectivity index (χ0) is 13.5. The molecule has 0 spiro atoms. The van der Waals surface area contributed by atoms with Crippen molar-refractivity contribution in [2.24, 2.45) is 0 Å². The van der Waals surface area contributed by atoms with Crippen LogP contribution in [0.5, 0.6) is 0 Å². The van der Waals surface area contributed by atoms with Crippen LogP contribution in [-0.4, -0.2) is 65.7 Å². The molecule has 1 saturated heterocycles. The van der Waals surface area contributed by atoms with E-state index in [0.717, 1.165) is 19.6 Å². The highest BCUT2D eigenvalue weighted by Crippen LogP contribution is 2.00. The second kappa shape index (κ2) is 7.62. The topological polar surface area (TPSA) is 36.3 Å². The summed E-state index contributed by atoms with van der Waals surface area (Å²) >= 11 is 0. The Labute approximate surface area is 116 Å². The minimum absolute atomic E-state index is 0.927. The maximum absolute atomic E-state index is 4.18. The molecule has 0 bridgehead atoms. The summed E-state index contributed by atoms with van der Waals surface area (Å²) < 4.78 is 2.19. The van der Waals surface area contributed by atoms with Crippen molar-refractivity contribution in [1.29, 1.82) is 0 Å². The van der Waals surface area contributed by atoms with Gasteiger partial charge in [0.05, 0.1) is 12.0 Å². The van der Waals surface area contributed by atoms with Crippen molar-refractivity contribution < 1.29 is 0 Å². The van der Waals surface area contributed by atoms with Crippen molar-refractivity contribution in [3.05, 3.63) is 18.2 Å². The molecule has 5 heteroatoms. The number of likely N-dealkylation sites (N-methyl/N-ethyl adjacent to an activating group) is 1. The Morgan fingerprint density at radius 3 is 2.79 bits per heavy atom. The summed E-state index contributed by atoms with van der Waals surface area (Å²) in [5.41, 5.74) is 1.28. The smallest absolute Gasteiger partial charge is 0.0948 e. The number of nitrogens with zero attached hydrogens (tertiary/aromatic N) is 4. The summed E-state index contributed by atoms with van der Waals surface area (Å²) in [6.45, 7) is 11.2. The summed E-state index contributed by atoms with van der Waals surface area (Å²) in [6, 6.07) is 0. The van der Waals surface area contributed by atoms with Crippen molar-refractivity contribution in [2.75, 3.05) is 46.3 Å². The summed E-state index contributed by atoms with van der Waals surface area (Å²) in [5.74, 6) is 0. The van der Waals surface area contributed by atoms with Crippen molar-refractivity contribution >= 4 is 0 Å². The Balaban J connectivity index is 1.55. The quantitative estimate of drug-likeness (QED) is 0.734. The van der Waals surface area contributed by atoms with Gasteiger partial charge >= 0.3 is 0 Å². The molecule has 1 aliphatic rings. The molecule has 5 nitrogen and oxygen atoms in total. The fourth-order valence-corrected chi connectivity index (χ4v) is 2.50. The fourth-order valence-electron chi connectivity index (χ4n) is 2.50. The van der Waals surface area contributed by atoms with Gasteiger partial charge in [-0.1, -0.05) is 0 Å². The Kier molecular flexibility index (Phi) is 5.82. The van der Waals surface area contributed by atoms with Crippen molar-refractivity contribution in [3.63, 3.8) is 0 Å². The Bertz CT molecular complexity index is 354. The number of piperazine rings is 1. The monoisotopic (exact) mass is 265 g/mol. The normalized spacial score (nSPS) is 18.0. The Morgan fingerprint density at radius 1 is 1.26 bits per heavy atom. The molecule has 0 aromatic carbocycles. The molecule has 1 fully saturated rings. The predicted molar refractivity (Wildman–Crippen MR) is 78.2 cm³/mol. The summed E-state index contributed by atoms with van der Waals surface area (Å²) in [7, 11) is 2.20. The van der Waals surface area contributed by atoms with Gasteiger partial charge in [-0.25, -0.2) is 4.98 Å². The third-order valence-corrected chi connectivity index (χ3v) is 3.87. The van der Waals surface area contributed by atoms with E-state index in [9.17, 15) is 0 Å². The number of hydrogen-bond donors (Lipinski definition) is 1. The molecule has 0 saturated carbocycles. The molecule has 0 amide bonds. The lowest BCUT2D eigenvalue weighted by Gasteiger charge is -2.32. The van der Waals surface area contributed by atoms with Gasteiger partial charge in [-0.3, -0.25) is 0 Å². The number of hydrogen-bond acceptors (Lipinski definition) is 4. The van der Waals surface area contributed by atoms with Crippen LogP contribution in [0.4, 0.5) is 0 Å². The van der Waals surface area contributed by atoms with Crippen molar-refractivity contribution in [3.8, 4) is 0 Å². The highest BCUT2D eigenvalue weighted by atomic mass is 15.2. The van der Waals surface area contributed by atoms with E-state index in [-0.39, 0.29) is 0 Å². The molecule has 1 aromatic heterocycles. The first-order chi connectivity index (χ1) is 9.29. The number of nitrogens with one attached hydrogen (secondary N) is 1. The first-order valence-electron chi connectivity index (χ1n) is 7.40. The third-order valence-electron chi connectivity index (χ3n) is 3.87. The maximum Gasteiger partial charge on any atom is 0.0948 e. The van der Waals surface area contributed by atoms with Crippen LogP contribution in [0.25, 0.3) is 0 Å². The number of aryl methyl sites for hydroxylation is 1. The number of rotatable bonds is 7. The van der Waals surface area contributed by atoms with E-state index in [1.165, 1.54) is 44.8 Å². The van der Waals surface area contributed by atoms with Gasteiger partial charge in [0, 0.05) is 45.5 Å². The molecular weight excluding hydrogens is 238 g/mol. The van der Waals surface area contributed by atoms with E-state index < -0.39 is 0 Å². The number of imidazole rings is 1. The van der Waals surface area contributed by atoms with Crippen LogP contribution in [-0.2, 0) is 13.1 Å². The minimum atomic E-state index is 0.927. The highest BCUT2D eigenvalue weighted by molar-refractivity contribution is 4.97. The third kappa shape index (κ3) is 4.60. The van der Waals surface area contributed by atoms with Crippen LogP contribution < -0.4 is 5.32 Å². The zero-order valence-corrected chi connectivity index (χ0v) is 12.3. The molecular formula is C14H27N5. The van der Waals surface area contributed by atoms with E-state index in [4.69, 9.17) is 0 Å². The second-order valence-corrected chi connectivity index (χ2v) is 5.35. The summed E-state index contributed by atoms with van der Waals surface area (Å²) in [6.07, 6.45) is 5.09. The lowest BCUT2D eigenvalue weighted by Crippen LogP contribution is -2.45. The molecule has 1 aromatic rings. The van der Waals surface area contributed by atoms with Gasteiger partial charge in [-0.15, -0.1) is 0 Å². The van der Waals surface area contributed by atoms with E-state index in [0.29, 0.717) is 0 Å². The van der Waals surface area contributed by atoms with Gasteiger partial charge in [0.25, 0.3) is 0 Å². The number of aromatic nitrogens is 2. The van der Waals surface area contributed by atoms with Gasteiger partial charge in [0.1, 0.15) is 0 Å². The average Bonchev–Trinajstić information content (AvgIpc) is 2.88. The lowest BCUT2D eigenvalue weighted by molar-refractivity contribution is 0.152. The molecule has 0 aliphatic carbocycles. The molecule has 0 unspecified atom stereocenters. The molecule has 1 aliphatic heterocycles. The van der Waals surface area contributed by atoms with Crippen LogP contribution in [0.15, 0.2) is 12.5 Å². The van der Waals surface area contributed by atoms with E-state index in [1.54, 1.807) is 0 Å². The summed E-state index contributed by atoms with van der Waals surface area (Å²) in [4.78, 5) is 9.15. The van der Waals surface area contributed by atoms with Gasteiger partial charge in [-0.2, -0.15) is 0 Å². The van der Waals surface area contributed by atoms with Crippen molar-refractivity contribution in [2.45, 2.75) is 26.4 Å². The van der Waals surface area contributed by atoms with Crippen LogP contribution in [0.3, 0.4) is 0 Å². The Morgan fingerprint density at radius 2 is 2.05 bits per heavy atom. The van der Waals surface area contributed by atoms with Crippen LogP contribution in [0, 0.1) is 0 Å². The highest BCUT2D eigenvalue weighted by Gasteiger charge is 2.12. The predicted octanol–water partition coefficient (Wildman–Crippen LogP) is 0.630. The molecule has 108 valence electrons. The molecule has 19 heavy (non-hydrogen) atoms. The van der Waals surface area contributed by atoms with Crippen molar-refractivity contribution in [1.82, 2.24) is 24.7 Å². The average molecular weight is 265 g/mol. The second-order valence-electron chi connectivity index (χ2n) is 5.35. The zero-order valence-electron chi connectivity index (χ0n) is 12.3. The fraction of sp³-hybridized carbons (Fsp3) is 0.786. The van der Waals surface area contributed by atoms with Crippen LogP contribution >= 0.6 is 0 Å². The molecule has 2 heterocycles. The first kappa shape index (κ1) is 14.5. The molecule has 2 rings (SSSR count). The van der Waals surface area contributed by atoms with E-state index in [2.05, 4.69) is 38.6 Å². The first-order valence-corrected chi connectivity index (χ1v) is 7.40. The summed E-state index contributed by atoms with van der Waals surface area (Å²) in [5, 5.41) is 3.51. The SMILES string of the molecule is CCn1cncc1CNCCCN1CCN(C)CC1. The standard InChI is InChI=1S/C14H27N5/c1-3-19-13-16-12-14(19)11-15-5-4-6-18-9-7-17(2)8-10-18/h12-13,15H,3-11H2,1-2H3.